The van der Waals surface area contributed by atoms with Crippen molar-refractivity contribution in [3.63, 3.8) is 0 Å². The molecule has 1 rings (SSSR count). The van der Waals surface area contributed by atoms with Crippen LogP contribution in [-0.2, 0) is 9.53 Å². The van der Waals surface area contributed by atoms with Crippen molar-refractivity contribution in [1.82, 2.24) is 0 Å². The van der Waals surface area contributed by atoms with Gasteiger partial charge in [-0.25, -0.2) is 0 Å². The number of hydrogen-bond acceptors (Lipinski definition) is 3. The number of benzene rings is 1. The van der Waals surface area contributed by atoms with E-state index >= 15 is 0 Å². The summed E-state index contributed by atoms with van der Waals surface area (Å²) >= 11 is 0. The van der Waals surface area contributed by atoms with Crippen molar-refractivity contribution >= 4 is 18.3 Å². The molecule has 0 saturated carbocycles. The Morgan fingerprint density at radius 1 is 1.35 bits per heavy atom. The van der Waals surface area contributed by atoms with Gasteiger partial charge in [0, 0.05) is 5.56 Å². The summed E-state index contributed by atoms with van der Waals surface area (Å²) in [6.45, 7) is 4.11. The minimum absolute atomic E-state index is 0.222. The second-order valence-corrected chi connectivity index (χ2v) is 3.66. The number of ether oxygens (including phenoxy) is 1. The molecule has 0 fully saturated rings. The average Bonchev–Trinajstić information content (AvgIpc) is 2.30. The van der Waals surface area contributed by atoms with Gasteiger partial charge in [-0.2, -0.15) is 0 Å². The first kappa shape index (κ1) is 13.2. The van der Waals surface area contributed by atoms with E-state index in [0.717, 1.165) is 17.4 Å². The van der Waals surface area contributed by atoms with Crippen molar-refractivity contribution in [3.8, 4) is 0 Å². The van der Waals surface area contributed by atoms with Crippen molar-refractivity contribution in [1.29, 1.82) is 0 Å². The smallest absolute Gasteiger partial charge is 0.309 e. The number of aryl methyl sites for hydroxylation is 1. The molecule has 0 atom stereocenters. The lowest BCUT2D eigenvalue weighted by Gasteiger charge is -2.01. The Hall–Kier alpha value is -1.90. The Morgan fingerprint density at radius 2 is 2.12 bits per heavy atom. The van der Waals surface area contributed by atoms with Gasteiger partial charge in [0.2, 0.25) is 0 Å². The van der Waals surface area contributed by atoms with Gasteiger partial charge < -0.3 is 4.74 Å². The van der Waals surface area contributed by atoms with E-state index in [4.69, 9.17) is 4.74 Å². The minimum atomic E-state index is -0.260. The van der Waals surface area contributed by atoms with Crippen LogP contribution < -0.4 is 0 Å². The van der Waals surface area contributed by atoms with Crippen LogP contribution in [0.25, 0.3) is 6.08 Å². The van der Waals surface area contributed by atoms with Crippen LogP contribution in [-0.4, -0.2) is 18.9 Å². The number of esters is 1. The van der Waals surface area contributed by atoms with Gasteiger partial charge in [-0.15, -0.1) is 0 Å². The zero-order valence-electron chi connectivity index (χ0n) is 10.1. The summed E-state index contributed by atoms with van der Waals surface area (Å²) in [5.74, 6) is -0.260. The Labute approximate surface area is 101 Å². The zero-order chi connectivity index (χ0) is 12.7. The fourth-order valence-corrected chi connectivity index (χ4v) is 1.45. The van der Waals surface area contributed by atoms with Gasteiger partial charge in [-0.05, 0) is 19.4 Å². The molecule has 17 heavy (non-hydrogen) atoms. The van der Waals surface area contributed by atoms with Crippen molar-refractivity contribution in [3.05, 3.63) is 41.0 Å². The van der Waals surface area contributed by atoms with Crippen molar-refractivity contribution in [2.75, 3.05) is 6.61 Å². The minimum Gasteiger partial charge on any atom is -0.466 e. The average molecular weight is 232 g/mol. The van der Waals surface area contributed by atoms with Crippen LogP contribution >= 0.6 is 0 Å². The van der Waals surface area contributed by atoms with E-state index < -0.39 is 0 Å². The molecule has 0 N–H and O–H groups in total. The van der Waals surface area contributed by atoms with Crippen molar-refractivity contribution < 1.29 is 14.3 Å². The summed E-state index contributed by atoms with van der Waals surface area (Å²) in [5.41, 5.74) is 2.52. The van der Waals surface area contributed by atoms with Crippen molar-refractivity contribution in [2.45, 2.75) is 20.3 Å². The van der Waals surface area contributed by atoms with Crippen LogP contribution in [0.3, 0.4) is 0 Å². The molecule has 1 aromatic rings. The van der Waals surface area contributed by atoms with Crippen LogP contribution in [0.4, 0.5) is 0 Å². The molecule has 3 nitrogen and oxygen atoms in total. The highest BCUT2D eigenvalue weighted by Gasteiger charge is 2.00. The third kappa shape index (κ3) is 4.23. The summed E-state index contributed by atoms with van der Waals surface area (Å²) in [5, 5.41) is 0. The van der Waals surface area contributed by atoms with E-state index in [1.165, 1.54) is 0 Å². The molecule has 0 saturated heterocycles. The van der Waals surface area contributed by atoms with Gasteiger partial charge in [0.05, 0.1) is 13.0 Å². The van der Waals surface area contributed by atoms with E-state index in [9.17, 15) is 9.59 Å². The predicted octanol–water partition coefficient (Wildman–Crippen LogP) is 2.77. The van der Waals surface area contributed by atoms with Gasteiger partial charge in [-0.1, -0.05) is 35.9 Å². The summed E-state index contributed by atoms with van der Waals surface area (Å²) in [6.07, 6.45) is 4.51. The molecule has 0 spiro atoms. The molecule has 0 aliphatic carbocycles. The first-order valence-corrected chi connectivity index (χ1v) is 5.55. The molecule has 0 aromatic heterocycles. The number of aldehydes is 1. The van der Waals surface area contributed by atoms with Gasteiger partial charge in [0.25, 0.3) is 0 Å². The van der Waals surface area contributed by atoms with Crippen LogP contribution in [0.2, 0.25) is 0 Å². The summed E-state index contributed by atoms with van der Waals surface area (Å²) in [4.78, 5) is 21.9. The Morgan fingerprint density at radius 3 is 2.76 bits per heavy atom. The van der Waals surface area contributed by atoms with Gasteiger partial charge >= 0.3 is 5.97 Å². The molecule has 0 aliphatic heterocycles. The topological polar surface area (TPSA) is 43.4 Å². The maximum Gasteiger partial charge on any atom is 0.309 e. The standard InChI is InChI=1S/C14H16O3/c1-3-17-14(16)6-4-5-12-9-11(2)7-8-13(12)10-15/h4-5,7-10H,3,6H2,1-2H3. The van der Waals surface area contributed by atoms with Crippen LogP contribution in [0.15, 0.2) is 24.3 Å². The molecule has 0 bridgehead atoms. The number of carbonyl (C=O) groups excluding carboxylic acids is 2. The molecular formula is C14H16O3. The van der Waals surface area contributed by atoms with Crippen molar-refractivity contribution in [2.24, 2.45) is 0 Å². The largest absolute Gasteiger partial charge is 0.466 e. The second kappa shape index (κ2) is 6.63. The normalized spacial score (nSPS) is 10.5. The lowest BCUT2D eigenvalue weighted by molar-refractivity contribution is -0.142. The fraction of sp³-hybridized carbons (Fsp3) is 0.286. The highest BCUT2D eigenvalue weighted by molar-refractivity contribution is 5.82. The third-order valence-corrected chi connectivity index (χ3v) is 2.26. The Balaban J connectivity index is 2.73. The first-order chi connectivity index (χ1) is 8.17. The van der Waals surface area contributed by atoms with E-state index in [1.807, 2.05) is 19.1 Å². The molecule has 0 aliphatic rings. The summed E-state index contributed by atoms with van der Waals surface area (Å²) in [7, 11) is 0. The SMILES string of the molecule is CCOC(=O)CC=Cc1cc(C)ccc1C=O. The molecular weight excluding hydrogens is 216 g/mol. The molecule has 90 valence electrons. The van der Waals surface area contributed by atoms with Crippen LogP contribution in [0, 0.1) is 6.92 Å². The summed E-state index contributed by atoms with van der Waals surface area (Å²) in [6, 6.07) is 5.56. The lowest BCUT2D eigenvalue weighted by Crippen LogP contribution is -2.01. The molecule has 0 unspecified atom stereocenters. The van der Waals surface area contributed by atoms with E-state index in [0.29, 0.717) is 12.2 Å². The molecule has 3 heteroatoms. The van der Waals surface area contributed by atoms with Crippen LogP contribution in [0.1, 0.15) is 34.8 Å². The van der Waals surface area contributed by atoms with E-state index in [2.05, 4.69) is 0 Å². The quantitative estimate of drug-likeness (QED) is 0.579. The van der Waals surface area contributed by atoms with Gasteiger partial charge in [-0.3, -0.25) is 9.59 Å². The first-order valence-electron chi connectivity index (χ1n) is 5.55. The number of hydrogen-bond donors (Lipinski definition) is 0. The maximum atomic E-state index is 11.1. The molecule has 0 heterocycles. The van der Waals surface area contributed by atoms with Gasteiger partial charge in [0.1, 0.15) is 0 Å². The monoisotopic (exact) mass is 232 g/mol. The molecule has 1 aromatic carbocycles. The third-order valence-electron chi connectivity index (χ3n) is 2.26. The predicted molar refractivity (Wildman–Crippen MR) is 66.9 cm³/mol. The number of rotatable bonds is 5. The highest BCUT2D eigenvalue weighted by atomic mass is 16.5. The lowest BCUT2D eigenvalue weighted by atomic mass is 10.0. The Kier molecular flexibility index (Phi) is 5.14. The van der Waals surface area contributed by atoms with Gasteiger partial charge in [0.15, 0.2) is 6.29 Å². The maximum absolute atomic E-state index is 11.1. The second-order valence-electron chi connectivity index (χ2n) is 3.66. The molecule has 0 amide bonds. The van der Waals surface area contributed by atoms with E-state index in [1.54, 1.807) is 25.1 Å². The fourth-order valence-electron chi connectivity index (χ4n) is 1.45. The zero-order valence-corrected chi connectivity index (χ0v) is 10.1. The molecule has 0 radical (unpaired) electrons. The Bertz CT molecular complexity index is 433. The summed E-state index contributed by atoms with van der Waals surface area (Å²) < 4.78 is 4.80. The number of carbonyl (C=O) groups is 2. The van der Waals surface area contributed by atoms with E-state index in [-0.39, 0.29) is 12.4 Å². The highest BCUT2D eigenvalue weighted by Crippen LogP contribution is 2.12. The van der Waals surface area contributed by atoms with Crippen LogP contribution in [0.5, 0.6) is 0 Å².